The molecule has 1 saturated carbocycles. The molecule has 8 heteroatoms. The van der Waals surface area contributed by atoms with E-state index in [4.69, 9.17) is 11.1 Å². The van der Waals surface area contributed by atoms with Gasteiger partial charge < -0.3 is 16.4 Å². The SMILES string of the molecule is N=C(N)c1csc(CNC(=O)[C@@H]2C[C@]3(CN2)CC3(F)F)c1. The number of thiophene rings is 1. The predicted octanol–water partition coefficient (Wildman–Crippen LogP) is 1.04. The highest BCUT2D eigenvalue weighted by atomic mass is 32.1. The summed E-state index contributed by atoms with van der Waals surface area (Å²) in [6, 6.07) is 1.19. The second-order valence-electron chi connectivity index (χ2n) is 5.73. The first-order valence-electron chi connectivity index (χ1n) is 6.64. The van der Waals surface area contributed by atoms with E-state index in [0.29, 0.717) is 12.1 Å². The molecular formula is C13H16F2N4OS. The molecule has 114 valence electrons. The number of amides is 1. The molecule has 21 heavy (non-hydrogen) atoms. The second-order valence-corrected chi connectivity index (χ2v) is 6.73. The first-order chi connectivity index (χ1) is 9.83. The lowest BCUT2D eigenvalue weighted by Crippen LogP contribution is -2.39. The van der Waals surface area contributed by atoms with Gasteiger partial charge in [0.2, 0.25) is 5.91 Å². The molecule has 1 aliphatic heterocycles. The van der Waals surface area contributed by atoms with E-state index in [1.165, 1.54) is 11.3 Å². The van der Waals surface area contributed by atoms with Gasteiger partial charge in [0.05, 0.1) is 18.0 Å². The van der Waals surface area contributed by atoms with Gasteiger partial charge in [-0.15, -0.1) is 11.3 Å². The van der Waals surface area contributed by atoms with E-state index < -0.39 is 17.4 Å². The van der Waals surface area contributed by atoms with E-state index in [0.717, 1.165) is 4.88 Å². The summed E-state index contributed by atoms with van der Waals surface area (Å²) in [6.45, 7) is 0.518. The average Bonchev–Trinajstić information content (AvgIpc) is 2.85. The highest BCUT2D eigenvalue weighted by molar-refractivity contribution is 7.10. The summed E-state index contributed by atoms with van der Waals surface area (Å²) < 4.78 is 26.5. The molecule has 5 nitrogen and oxygen atoms in total. The summed E-state index contributed by atoms with van der Waals surface area (Å²) in [4.78, 5) is 12.9. The Morgan fingerprint density at radius 1 is 1.62 bits per heavy atom. The topological polar surface area (TPSA) is 91.0 Å². The van der Waals surface area contributed by atoms with Crippen LogP contribution in [0.1, 0.15) is 23.3 Å². The van der Waals surface area contributed by atoms with Gasteiger partial charge in [-0.05, 0) is 12.5 Å². The predicted molar refractivity (Wildman–Crippen MR) is 75.6 cm³/mol. The Morgan fingerprint density at radius 3 is 2.86 bits per heavy atom. The Hall–Kier alpha value is -1.54. The number of nitrogens with one attached hydrogen (secondary N) is 3. The van der Waals surface area contributed by atoms with Gasteiger partial charge in [0, 0.05) is 28.8 Å². The van der Waals surface area contributed by atoms with Gasteiger partial charge in [0.15, 0.2) is 0 Å². The van der Waals surface area contributed by atoms with Crippen LogP contribution in [0.3, 0.4) is 0 Å². The van der Waals surface area contributed by atoms with Crippen molar-refractivity contribution in [2.24, 2.45) is 11.1 Å². The number of carbonyl (C=O) groups is 1. The molecule has 2 fully saturated rings. The Bertz CT molecular complexity index is 603. The molecular weight excluding hydrogens is 298 g/mol. The van der Waals surface area contributed by atoms with Crippen molar-refractivity contribution in [3.63, 3.8) is 0 Å². The fraction of sp³-hybridized carbons (Fsp3) is 0.538. The van der Waals surface area contributed by atoms with Gasteiger partial charge in [0.1, 0.15) is 5.84 Å². The van der Waals surface area contributed by atoms with Crippen molar-refractivity contribution in [2.75, 3.05) is 6.54 Å². The lowest BCUT2D eigenvalue weighted by molar-refractivity contribution is -0.123. The van der Waals surface area contributed by atoms with Crippen LogP contribution in [0, 0.1) is 10.8 Å². The van der Waals surface area contributed by atoms with E-state index in [2.05, 4.69) is 10.6 Å². The number of hydrogen-bond donors (Lipinski definition) is 4. The van der Waals surface area contributed by atoms with Crippen molar-refractivity contribution in [2.45, 2.75) is 31.4 Å². The highest BCUT2D eigenvalue weighted by Crippen LogP contribution is 2.64. The van der Waals surface area contributed by atoms with Crippen LogP contribution in [0.25, 0.3) is 0 Å². The van der Waals surface area contributed by atoms with E-state index in [9.17, 15) is 13.6 Å². The molecule has 0 aromatic carbocycles. The second kappa shape index (κ2) is 4.74. The number of nitrogen functional groups attached to an aromatic ring is 1. The van der Waals surface area contributed by atoms with E-state index >= 15 is 0 Å². The zero-order chi connectivity index (χ0) is 15.3. The van der Waals surface area contributed by atoms with Crippen LogP contribution >= 0.6 is 11.3 Å². The third kappa shape index (κ3) is 2.53. The smallest absolute Gasteiger partial charge is 0.255 e. The summed E-state index contributed by atoms with van der Waals surface area (Å²) in [5.41, 5.74) is 4.99. The summed E-state index contributed by atoms with van der Waals surface area (Å²) in [5.74, 6) is -2.90. The fourth-order valence-electron chi connectivity index (χ4n) is 2.75. The fourth-order valence-corrected chi connectivity index (χ4v) is 3.57. The number of halogens is 2. The number of hydrogen-bond acceptors (Lipinski definition) is 4. The van der Waals surface area contributed by atoms with Crippen molar-refractivity contribution >= 4 is 23.1 Å². The maximum Gasteiger partial charge on any atom is 0.255 e. The molecule has 2 aliphatic rings. The first kappa shape index (κ1) is 14.4. The molecule has 1 aliphatic carbocycles. The molecule has 1 aromatic rings. The number of carbonyl (C=O) groups excluding carboxylic acids is 1. The maximum atomic E-state index is 13.3. The van der Waals surface area contributed by atoms with E-state index in [1.807, 2.05) is 0 Å². The molecule has 1 amide bonds. The molecule has 0 bridgehead atoms. The third-order valence-corrected chi connectivity index (χ3v) is 5.15. The minimum Gasteiger partial charge on any atom is -0.384 e. The van der Waals surface area contributed by atoms with Crippen molar-refractivity contribution in [3.05, 3.63) is 21.9 Å². The standard InChI is InChI=1S/C13H16F2N4OS/c14-13(15)5-12(13)2-9(19-6-12)11(20)18-3-8-1-7(4-21-8)10(16)17/h1,4,9,19H,2-3,5-6H2,(H3,16,17)(H,18,20)/t9-,12+/m0/s1. The normalized spacial score (nSPS) is 29.5. The number of alkyl halides is 2. The maximum absolute atomic E-state index is 13.3. The summed E-state index contributed by atoms with van der Waals surface area (Å²) in [7, 11) is 0. The molecule has 1 aromatic heterocycles. The van der Waals surface area contributed by atoms with Crippen LogP contribution in [0.5, 0.6) is 0 Å². The zero-order valence-corrected chi connectivity index (χ0v) is 12.0. The monoisotopic (exact) mass is 314 g/mol. The average molecular weight is 314 g/mol. The molecule has 2 heterocycles. The highest BCUT2D eigenvalue weighted by Gasteiger charge is 2.73. The molecule has 5 N–H and O–H groups in total. The van der Waals surface area contributed by atoms with Gasteiger partial charge in [-0.1, -0.05) is 0 Å². The Balaban J connectivity index is 1.52. The largest absolute Gasteiger partial charge is 0.384 e. The van der Waals surface area contributed by atoms with Crippen LogP contribution in [0.4, 0.5) is 8.78 Å². The van der Waals surface area contributed by atoms with Crippen LogP contribution in [0.15, 0.2) is 11.4 Å². The molecule has 2 atom stereocenters. The zero-order valence-electron chi connectivity index (χ0n) is 11.2. The van der Waals surface area contributed by atoms with Gasteiger partial charge in [-0.3, -0.25) is 10.2 Å². The van der Waals surface area contributed by atoms with Crippen LogP contribution in [-0.4, -0.2) is 30.3 Å². The van der Waals surface area contributed by atoms with E-state index in [1.54, 1.807) is 11.4 Å². The van der Waals surface area contributed by atoms with Gasteiger partial charge in [-0.25, -0.2) is 8.78 Å². The minimum absolute atomic E-state index is 0.0146. The summed E-state index contributed by atoms with van der Waals surface area (Å²) in [5, 5.41) is 14.7. The molecule has 1 saturated heterocycles. The van der Waals surface area contributed by atoms with Gasteiger partial charge in [-0.2, -0.15) is 0 Å². The lowest BCUT2D eigenvalue weighted by Gasteiger charge is -2.10. The molecule has 1 spiro atoms. The Kier molecular flexibility index (Phi) is 3.25. The van der Waals surface area contributed by atoms with Crippen molar-refractivity contribution < 1.29 is 13.6 Å². The van der Waals surface area contributed by atoms with E-state index in [-0.39, 0.29) is 31.1 Å². The number of rotatable bonds is 4. The minimum atomic E-state index is -2.63. The molecule has 3 rings (SSSR count). The van der Waals surface area contributed by atoms with Gasteiger partial charge >= 0.3 is 0 Å². The number of nitrogens with two attached hydrogens (primary N) is 1. The quantitative estimate of drug-likeness (QED) is 0.494. The number of amidine groups is 1. The molecule has 0 unspecified atom stereocenters. The van der Waals surface area contributed by atoms with Crippen LogP contribution in [-0.2, 0) is 11.3 Å². The summed E-state index contributed by atoms with van der Waals surface area (Å²) >= 11 is 1.40. The molecule has 0 radical (unpaired) electrons. The Morgan fingerprint density at radius 2 is 2.33 bits per heavy atom. The van der Waals surface area contributed by atoms with Crippen molar-refractivity contribution in [1.29, 1.82) is 5.41 Å². The van der Waals surface area contributed by atoms with Crippen molar-refractivity contribution in [1.82, 2.24) is 10.6 Å². The summed E-state index contributed by atoms with van der Waals surface area (Å²) in [6.07, 6.45) is 0.0681. The first-order valence-corrected chi connectivity index (χ1v) is 7.52. The Labute approximate surface area is 124 Å². The lowest BCUT2D eigenvalue weighted by atomic mass is 10.0. The van der Waals surface area contributed by atoms with Crippen LogP contribution in [0.2, 0.25) is 0 Å². The van der Waals surface area contributed by atoms with Crippen LogP contribution < -0.4 is 16.4 Å². The van der Waals surface area contributed by atoms with Gasteiger partial charge in [0.25, 0.3) is 5.92 Å². The third-order valence-electron chi connectivity index (χ3n) is 4.21. The van der Waals surface area contributed by atoms with Crippen molar-refractivity contribution in [3.8, 4) is 0 Å².